The first kappa shape index (κ1) is 14.9. The van der Waals surface area contributed by atoms with E-state index in [0.29, 0.717) is 16.5 Å². The fraction of sp³-hybridized carbons (Fsp3) is 0.500. The van der Waals surface area contributed by atoms with Crippen LogP contribution >= 0.6 is 11.6 Å². The van der Waals surface area contributed by atoms with Gasteiger partial charge in [-0.15, -0.1) is 0 Å². The summed E-state index contributed by atoms with van der Waals surface area (Å²) in [6.45, 7) is 7.01. The highest BCUT2D eigenvalue weighted by Gasteiger charge is 2.22. The molecule has 1 heterocycles. The molecule has 0 unspecified atom stereocenters. The Morgan fingerprint density at radius 1 is 1.40 bits per heavy atom. The predicted molar refractivity (Wildman–Crippen MR) is 78.6 cm³/mol. The molecule has 1 aliphatic rings. The third-order valence-corrected chi connectivity index (χ3v) is 2.85. The van der Waals surface area contributed by atoms with Crippen molar-refractivity contribution >= 4 is 23.4 Å². The van der Waals surface area contributed by atoms with Crippen LogP contribution in [0.1, 0.15) is 20.8 Å². The molecular formula is C14H19ClN2O3. The van der Waals surface area contributed by atoms with Crippen LogP contribution in [0.2, 0.25) is 5.02 Å². The van der Waals surface area contributed by atoms with Gasteiger partial charge in [-0.05, 0) is 32.9 Å². The molecule has 2 rings (SSSR count). The molecule has 0 atom stereocenters. The van der Waals surface area contributed by atoms with Gasteiger partial charge in [-0.3, -0.25) is 5.32 Å². The van der Waals surface area contributed by atoms with E-state index in [1.54, 1.807) is 18.2 Å². The molecule has 1 amide bonds. The average Bonchev–Trinajstić information content (AvgIpc) is 2.24. The number of rotatable bonds is 3. The maximum atomic E-state index is 11.8. The molecule has 1 saturated heterocycles. The zero-order chi connectivity index (χ0) is 14.8. The lowest BCUT2D eigenvalue weighted by atomic mass is 10.2. The van der Waals surface area contributed by atoms with Crippen LogP contribution in [0, 0.1) is 0 Å². The first-order chi connectivity index (χ1) is 9.33. The van der Waals surface area contributed by atoms with Gasteiger partial charge in [0.25, 0.3) is 0 Å². The SMILES string of the molecule is CC(C)(C)OC(=O)Nc1ccc(Cl)cc1OC1CNC1. The predicted octanol–water partition coefficient (Wildman–Crippen LogP) is 3.04. The largest absolute Gasteiger partial charge is 0.486 e. The number of carbonyl (C=O) groups excluding carboxylic acids is 1. The summed E-state index contributed by atoms with van der Waals surface area (Å²) in [5, 5.41) is 6.36. The molecule has 0 saturated carbocycles. The van der Waals surface area contributed by atoms with Crippen LogP contribution in [0.4, 0.5) is 10.5 Å². The summed E-state index contributed by atoms with van der Waals surface area (Å²) in [5.41, 5.74) is 0.00523. The lowest BCUT2D eigenvalue weighted by Crippen LogP contribution is -2.50. The van der Waals surface area contributed by atoms with Gasteiger partial charge < -0.3 is 14.8 Å². The van der Waals surface area contributed by atoms with Gasteiger partial charge in [0.05, 0.1) is 5.69 Å². The molecule has 1 aliphatic heterocycles. The number of anilines is 1. The van der Waals surface area contributed by atoms with E-state index in [9.17, 15) is 4.79 Å². The molecule has 2 N–H and O–H groups in total. The van der Waals surface area contributed by atoms with Crippen LogP contribution in [-0.4, -0.2) is 30.9 Å². The Labute approximate surface area is 123 Å². The normalized spacial score (nSPS) is 15.4. The molecule has 0 bridgehead atoms. The molecule has 1 aromatic carbocycles. The van der Waals surface area contributed by atoms with Crippen LogP contribution < -0.4 is 15.4 Å². The number of hydrogen-bond acceptors (Lipinski definition) is 4. The summed E-state index contributed by atoms with van der Waals surface area (Å²) in [5.74, 6) is 0.551. The monoisotopic (exact) mass is 298 g/mol. The van der Waals surface area contributed by atoms with Crippen molar-refractivity contribution in [3.8, 4) is 5.75 Å². The standard InChI is InChI=1S/C14H19ClN2O3/c1-14(2,3)20-13(18)17-11-5-4-9(15)6-12(11)19-10-7-16-8-10/h4-6,10,16H,7-8H2,1-3H3,(H,17,18). The first-order valence-corrected chi connectivity index (χ1v) is 6.88. The summed E-state index contributed by atoms with van der Waals surface area (Å²) >= 11 is 5.96. The Morgan fingerprint density at radius 3 is 2.65 bits per heavy atom. The second kappa shape index (κ2) is 5.89. The highest BCUT2D eigenvalue weighted by molar-refractivity contribution is 6.30. The average molecular weight is 299 g/mol. The maximum Gasteiger partial charge on any atom is 0.412 e. The van der Waals surface area contributed by atoms with Crippen LogP contribution in [-0.2, 0) is 4.74 Å². The third kappa shape index (κ3) is 4.28. The molecule has 6 heteroatoms. The third-order valence-electron chi connectivity index (χ3n) is 2.62. The molecule has 20 heavy (non-hydrogen) atoms. The summed E-state index contributed by atoms with van der Waals surface area (Å²) in [6.07, 6.45) is -0.413. The topological polar surface area (TPSA) is 59.6 Å². The van der Waals surface area contributed by atoms with Gasteiger partial charge in [-0.2, -0.15) is 0 Å². The van der Waals surface area contributed by atoms with Crippen LogP contribution in [0.15, 0.2) is 18.2 Å². The first-order valence-electron chi connectivity index (χ1n) is 6.50. The van der Waals surface area contributed by atoms with Gasteiger partial charge in [0, 0.05) is 24.2 Å². The van der Waals surface area contributed by atoms with Crippen LogP contribution in [0.3, 0.4) is 0 Å². The fourth-order valence-corrected chi connectivity index (χ4v) is 1.80. The van der Waals surface area contributed by atoms with Crippen molar-refractivity contribution < 1.29 is 14.3 Å². The second-order valence-corrected chi connectivity index (χ2v) is 6.10. The van der Waals surface area contributed by atoms with E-state index in [-0.39, 0.29) is 6.10 Å². The van der Waals surface area contributed by atoms with E-state index in [0.717, 1.165) is 13.1 Å². The number of halogens is 1. The Hall–Kier alpha value is -1.46. The van der Waals surface area contributed by atoms with Crippen molar-refractivity contribution in [1.29, 1.82) is 0 Å². The molecule has 1 aromatic rings. The summed E-state index contributed by atoms with van der Waals surface area (Å²) < 4.78 is 11.0. The zero-order valence-electron chi connectivity index (χ0n) is 11.8. The highest BCUT2D eigenvalue weighted by atomic mass is 35.5. The Bertz CT molecular complexity index is 496. The van der Waals surface area contributed by atoms with E-state index in [1.165, 1.54) is 0 Å². The van der Waals surface area contributed by atoms with Crippen molar-refractivity contribution in [3.63, 3.8) is 0 Å². The van der Waals surface area contributed by atoms with Crippen LogP contribution in [0.25, 0.3) is 0 Å². The second-order valence-electron chi connectivity index (χ2n) is 5.67. The summed E-state index contributed by atoms with van der Waals surface area (Å²) in [4.78, 5) is 11.8. The van der Waals surface area contributed by atoms with Crippen molar-refractivity contribution in [1.82, 2.24) is 5.32 Å². The van der Waals surface area contributed by atoms with E-state index >= 15 is 0 Å². The Kier molecular flexibility index (Phi) is 4.40. The highest BCUT2D eigenvalue weighted by Crippen LogP contribution is 2.30. The number of benzene rings is 1. The molecular weight excluding hydrogens is 280 g/mol. The van der Waals surface area contributed by atoms with Crippen molar-refractivity contribution in [3.05, 3.63) is 23.2 Å². The summed E-state index contributed by atoms with van der Waals surface area (Å²) in [6, 6.07) is 5.08. The minimum absolute atomic E-state index is 0.104. The Balaban J connectivity index is 2.07. The molecule has 0 spiro atoms. The number of ether oxygens (including phenoxy) is 2. The van der Waals surface area contributed by atoms with Crippen molar-refractivity contribution in [2.24, 2.45) is 0 Å². The van der Waals surface area contributed by atoms with Gasteiger partial charge in [0.15, 0.2) is 0 Å². The number of carbonyl (C=O) groups is 1. The van der Waals surface area contributed by atoms with E-state index < -0.39 is 11.7 Å². The van der Waals surface area contributed by atoms with Crippen molar-refractivity contribution in [2.75, 3.05) is 18.4 Å². The minimum Gasteiger partial charge on any atom is -0.486 e. The minimum atomic E-state index is -0.546. The van der Waals surface area contributed by atoms with Gasteiger partial charge >= 0.3 is 6.09 Å². The summed E-state index contributed by atoms with van der Waals surface area (Å²) in [7, 11) is 0. The fourth-order valence-electron chi connectivity index (χ4n) is 1.64. The smallest absolute Gasteiger partial charge is 0.412 e. The van der Waals surface area contributed by atoms with Gasteiger partial charge in [0.2, 0.25) is 0 Å². The molecule has 5 nitrogen and oxygen atoms in total. The molecule has 0 aromatic heterocycles. The molecule has 110 valence electrons. The number of amides is 1. The molecule has 0 radical (unpaired) electrons. The van der Waals surface area contributed by atoms with Crippen molar-refractivity contribution in [2.45, 2.75) is 32.5 Å². The molecule has 0 aliphatic carbocycles. The van der Waals surface area contributed by atoms with E-state index in [4.69, 9.17) is 21.1 Å². The van der Waals surface area contributed by atoms with Gasteiger partial charge in [0.1, 0.15) is 17.5 Å². The van der Waals surface area contributed by atoms with Gasteiger partial charge in [-0.1, -0.05) is 11.6 Å². The number of nitrogens with one attached hydrogen (secondary N) is 2. The Morgan fingerprint density at radius 2 is 2.10 bits per heavy atom. The quantitative estimate of drug-likeness (QED) is 0.900. The van der Waals surface area contributed by atoms with E-state index in [1.807, 2.05) is 20.8 Å². The lowest BCUT2D eigenvalue weighted by molar-refractivity contribution is 0.0634. The van der Waals surface area contributed by atoms with Gasteiger partial charge in [-0.25, -0.2) is 4.79 Å². The van der Waals surface area contributed by atoms with Crippen LogP contribution in [0.5, 0.6) is 5.75 Å². The zero-order valence-corrected chi connectivity index (χ0v) is 12.6. The maximum absolute atomic E-state index is 11.8. The molecule has 1 fully saturated rings. The number of hydrogen-bond donors (Lipinski definition) is 2. The van der Waals surface area contributed by atoms with E-state index in [2.05, 4.69) is 10.6 Å². The lowest BCUT2D eigenvalue weighted by Gasteiger charge is -2.29.